The van der Waals surface area contributed by atoms with E-state index in [4.69, 9.17) is 4.42 Å². The lowest BCUT2D eigenvalue weighted by atomic mass is 10.2. The van der Waals surface area contributed by atoms with E-state index in [0.29, 0.717) is 5.82 Å². The second kappa shape index (κ2) is 5.31. The maximum atomic E-state index is 5.06. The second-order valence-electron chi connectivity index (χ2n) is 3.55. The van der Waals surface area contributed by atoms with Gasteiger partial charge in [0.15, 0.2) is 5.82 Å². The molecule has 90 valence electrons. The molecule has 0 radical (unpaired) electrons. The first-order valence-electron chi connectivity index (χ1n) is 5.59. The highest BCUT2D eigenvalue weighted by molar-refractivity contribution is 9.10. The standard InChI is InChI=1S/C12H14BrN3O/c1-3-9-10(13)12(14-4-2)16-11(15-9)8-5-6-17-7-8/h5-7H,3-4H2,1-2H3,(H,14,15,16). The number of nitrogens with one attached hydrogen (secondary N) is 1. The first kappa shape index (κ1) is 12.1. The van der Waals surface area contributed by atoms with Crippen molar-refractivity contribution in [3.05, 3.63) is 28.8 Å². The first-order valence-corrected chi connectivity index (χ1v) is 6.38. The summed E-state index contributed by atoms with van der Waals surface area (Å²) >= 11 is 3.53. The Bertz CT molecular complexity index is 497. The van der Waals surface area contributed by atoms with Crippen LogP contribution in [0, 0.1) is 0 Å². The molecule has 0 saturated carbocycles. The van der Waals surface area contributed by atoms with Crippen LogP contribution in [0.25, 0.3) is 11.4 Å². The van der Waals surface area contributed by atoms with Gasteiger partial charge in [0.1, 0.15) is 12.1 Å². The van der Waals surface area contributed by atoms with Gasteiger partial charge in [-0.2, -0.15) is 0 Å². The Morgan fingerprint density at radius 2 is 2.18 bits per heavy atom. The van der Waals surface area contributed by atoms with Crippen molar-refractivity contribution in [2.24, 2.45) is 0 Å². The van der Waals surface area contributed by atoms with Crippen molar-refractivity contribution >= 4 is 21.7 Å². The van der Waals surface area contributed by atoms with Crippen LogP contribution in [-0.2, 0) is 6.42 Å². The van der Waals surface area contributed by atoms with Crippen molar-refractivity contribution in [1.82, 2.24) is 9.97 Å². The van der Waals surface area contributed by atoms with E-state index in [9.17, 15) is 0 Å². The molecule has 2 heterocycles. The third kappa shape index (κ3) is 2.49. The number of furan rings is 1. The molecule has 0 unspecified atom stereocenters. The Balaban J connectivity index is 2.50. The monoisotopic (exact) mass is 295 g/mol. The van der Waals surface area contributed by atoms with Crippen molar-refractivity contribution in [2.75, 3.05) is 11.9 Å². The van der Waals surface area contributed by atoms with Crippen LogP contribution in [0.4, 0.5) is 5.82 Å². The van der Waals surface area contributed by atoms with E-state index in [0.717, 1.165) is 34.5 Å². The summed E-state index contributed by atoms with van der Waals surface area (Å²) in [7, 11) is 0. The second-order valence-corrected chi connectivity index (χ2v) is 4.35. The highest BCUT2D eigenvalue weighted by atomic mass is 79.9. The van der Waals surface area contributed by atoms with Crippen molar-refractivity contribution < 1.29 is 4.42 Å². The maximum absolute atomic E-state index is 5.06. The van der Waals surface area contributed by atoms with Crippen LogP contribution in [-0.4, -0.2) is 16.5 Å². The molecular formula is C12H14BrN3O. The highest BCUT2D eigenvalue weighted by Gasteiger charge is 2.12. The zero-order valence-electron chi connectivity index (χ0n) is 9.83. The number of nitrogens with zero attached hydrogens (tertiary/aromatic N) is 2. The Morgan fingerprint density at radius 1 is 1.35 bits per heavy atom. The van der Waals surface area contributed by atoms with Crippen LogP contribution >= 0.6 is 15.9 Å². The molecule has 1 N–H and O–H groups in total. The molecule has 0 spiro atoms. The van der Waals surface area contributed by atoms with Gasteiger partial charge in [-0.3, -0.25) is 0 Å². The molecule has 0 fully saturated rings. The summed E-state index contributed by atoms with van der Waals surface area (Å²) in [4.78, 5) is 9.00. The van der Waals surface area contributed by atoms with Gasteiger partial charge in [-0.1, -0.05) is 6.92 Å². The molecule has 5 heteroatoms. The summed E-state index contributed by atoms with van der Waals surface area (Å²) in [5, 5.41) is 3.22. The van der Waals surface area contributed by atoms with Gasteiger partial charge in [-0.25, -0.2) is 9.97 Å². The number of halogens is 1. The van der Waals surface area contributed by atoms with Crippen molar-refractivity contribution in [3.8, 4) is 11.4 Å². The topological polar surface area (TPSA) is 51.0 Å². The first-order chi connectivity index (χ1) is 8.26. The van der Waals surface area contributed by atoms with Gasteiger partial charge in [0.2, 0.25) is 0 Å². The third-order valence-corrected chi connectivity index (χ3v) is 3.21. The van der Waals surface area contributed by atoms with E-state index in [1.54, 1.807) is 12.5 Å². The number of rotatable bonds is 4. The minimum Gasteiger partial charge on any atom is -0.472 e. The fourth-order valence-electron chi connectivity index (χ4n) is 1.53. The molecule has 0 bridgehead atoms. The van der Waals surface area contributed by atoms with E-state index in [1.807, 2.05) is 13.0 Å². The van der Waals surface area contributed by atoms with E-state index in [1.165, 1.54) is 0 Å². The quantitative estimate of drug-likeness (QED) is 0.938. The molecule has 0 amide bonds. The largest absolute Gasteiger partial charge is 0.472 e. The summed E-state index contributed by atoms with van der Waals surface area (Å²) in [5.41, 5.74) is 1.89. The van der Waals surface area contributed by atoms with Gasteiger partial charge in [0.05, 0.1) is 22.0 Å². The molecule has 0 aromatic carbocycles. The fourth-order valence-corrected chi connectivity index (χ4v) is 2.13. The van der Waals surface area contributed by atoms with Crippen LogP contribution in [0.3, 0.4) is 0 Å². The van der Waals surface area contributed by atoms with Crippen LogP contribution in [0.5, 0.6) is 0 Å². The van der Waals surface area contributed by atoms with Gasteiger partial charge in [0, 0.05) is 6.54 Å². The van der Waals surface area contributed by atoms with E-state index >= 15 is 0 Å². The molecule has 17 heavy (non-hydrogen) atoms. The lowest BCUT2D eigenvalue weighted by Crippen LogP contribution is -2.05. The summed E-state index contributed by atoms with van der Waals surface area (Å²) in [5.74, 6) is 1.52. The molecule has 2 aromatic rings. The van der Waals surface area contributed by atoms with Crippen LogP contribution < -0.4 is 5.32 Å². The van der Waals surface area contributed by atoms with Crippen LogP contribution in [0.1, 0.15) is 19.5 Å². The average Bonchev–Trinajstić information content (AvgIpc) is 2.85. The molecular weight excluding hydrogens is 282 g/mol. The summed E-state index contributed by atoms with van der Waals surface area (Å²) in [6.45, 7) is 4.93. The summed E-state index contributed by atoms with van der Waals surface area (Å²) in [6.07, 6.45) is 4.13. The molecule has 0 atom stereocenters. The molecule has 2 aromatic heterocycles. The minimum atomic E-state index is 0.690. The number of aromatic nitrogens is 2. The number of anilines is 1. The van der Waals surface area contributed by atoms with E-state index in [2.05, 4.69) is 38.1 Å². The zero-order chi connectivity index (χ0) is 12.3. The Hall–Kier alpha value is -1.36. The lowest BCUT2D eigenvalue weighted by Gasteiger charge is -2.10. The Labute approximate surface area is 109 Å². The molecule has 4 nitrogen and oxygen atoms in total. The highest BCUT2D eigenvalue weighted by Crippen LogP contribution is 2.27. The number of hydrogen-bond donors (Lipinski definition) is 1. The van der Waals surface area contributed by atoms with Gasteiger partial charge in [-0.05, 0) is 35.3 Å². The fraction of sp³-hybridized carbons (Fsp3) is 0.333. The molecule has 0 aliphatic heterocycles. The van der Waals surface area contributed by atoms with Crippen LogP contribution in [0.2, 0.25) is 0 Å². The van der Waals surface area contributed by atoms with Crippen molar-refractivity contribution in [2.45, 2.75) is 20.3 Å². The predicted octanol–water partition coefficient (Wildman–Crippen LogP) is 3.49. The summed E-state index contributed by atoms with van der Waals surface area (Å²) < 4.78 is 6.00. The SMILES string of the molecule is CCNc1nc(-c2ccoc2)nc(CC)c1Br. The summed E-state index contributed by atoms with van der Waals surface area (Å²) in [6, 6.07) is 1.86. The van der Waals surface area contributed by atoms with Crippen molar-refractivity contribution in [1.29, 1.82) is 0 Å². The maximum Gasteiger partial charge on any atom is 0.165 e. The molecule has 0 aliphatic rings. The average molecular weight is 296 g/mol. The van der Waals surface area contributed by atoms with Gasteiger partial charge in [0.25, 0.3) is 0 Å². The number of hydrogen-bond acceptors (Lipinski definition) is 4. The smallest absolute Gasteiger partial charge is 0.165 e. The van der Waals surface area contributed by atoms with Gasteiger partial charge in [-0.15, -0.1) is 0 Å². The van der Waals surface area contributed by atoms with Gasteiger partial charge < -0.3 is 9.73 Å². The van der Waals surface area contributed by atoms with Crippen LogP contribution in [0.15, 0.2) is 27.5 Å². The van der Waals surface area contributed by atoms with E-state index < -0.39 is 0 Å². The molecule has 2 rings (SSSR count). The third-order valence-electron chi connectivity index (χ3n) is 2.38. The predicted molar refractivity (Wildman–Crippen MR) is 71.0 cm³/mol. The van der Waals surface area contributed by atoms with Crippen molar-refractivity contribution in [3.63, 3.8) is 0 Å². The van der Waals surface area contributed by atoms with E-state index in [-0.39, 0.29) is 0 Å². The minimum absolute atomic E-state index is 0.690. The van der Waals surface area contributed by atoms with Gasteiger partial charge >= 0.3 is 0 Å². The Morgan fingerprint density at radius 3 is 2.76 bits per heavy atom. The number of aryl methyl sites for hydroxylation is 1. The lowest BCUT2D eigenvalue weighted by molar-refractivity contribution is 0.568. The molecule has 0 aliphatic carbocycles. The molecule has 0 saturated heterocycles. The normalized spacial score (nSPS) is 10.5. The Kier molecular flexibility index (Phi) is 3.78. The zero-order valence-corrected chi connectivity index (χ0v) is 11.4.